The number of fused-ring (bicyclic) bond motifs is 1. The zero-order chi connectivity index (χ0) is 14.8. The maximum atomic E-state index is 12.1. The highest BCUT2D eigenvalue weighted by atomic mass is 16.5. The molecule has 0 bridgehead atoms. The van der Waals surface area contributed by atoms with Crippen LogP contribution in [0, 0.1) is 0 Å². The Hall–Kier alpha value is -2.30. The number of amides is 1. The van der Waals surface area contributed by atoms with Gasteiger partial charge in [-0.25, -0.2) is 0 Å². The van der Waals surface area contributed by atoms with E-state index in [0.717, 1.165) is 24.3 Å². The largest absolute Gasteiger partial charge is 0.362 e. The van der Waals surface area contributed by atoms with Gasteiger partial charge < -0.3 is 9.42 Å². The highest BCUT2D eigenvalue weighted by Gasteiger charge is 2.21. The van der Waals surface area contributed by atoms with Crippen molar-refractivity contribution in [3.63, 3.8) is 0 Å². The van der Waals surface area contributed by atoms with Crippen molar-refractivity contribution in [3.8, 4) is 0 Å². The van der Waals surface area contributed by atoms with Crippen molar-refractivity contribution >= 4 is 17.5 Å². The molecule has 1 N–H and O–H groups in total. The van der Waals surface area contributed by atoms with Crippen molar-refractivity contribution in [1.82, 2.24) is 5.16 Å². The Morgan fingerprint density at radius 2 is 2.24 bits per heavy atom. The van der Waals surface area contributed by atoms with Crippen LogP contribution in [0.4, 0.5) is 11.6 Å². The first-order chi connectivity index (χ1) is 10.1. The quantitative estimate of drug-likeness (QED) is 0.938. The fraction of sp³-hybridized carbons (Fsp3) is 0.375. The summed E-state index contributed by atoms with van der Waals surface area (Å²) in [6.45, 7) is 5.27. The number of hydrogen-bond acceptors (Lipinski definition) is 4. The van der Waals surface area contributed by atoms with Gasteiger partial charge in [-0.1, -0.05) is 37.2 Å². The number of aromatic nitrogens is 1. The van der Waals surface area contributed by atoms with Crippen LogP contribution in [0.3, 0.4) is 0 Å². The van der Waals surface area contributed by atoms with Crippen LogP contribution in [0.15, 0.2) is 34.9 Å². The van der Waals surface area contributed by atoms with Gasteiger partial charge in [-0.05, 0) is 24.0 Å². The smallest absolute Gasteiger partial charge is 0.246 e. The highest BCUT2D eigenvalue weighted by Crippen LogP contribution is 2.27. The molecule has 0 unspecified atom stereocenters. The van der Waals surface area contributed by atoms with Gasteiger partial charge in [0.15, 0.2) is 0 Å². The second kappa shape index (κ2) is 5.60. The Morgan fingerprint density at radius 1 is 1.43 bits per heavy atom. The van der Waals surface area contributed by atoms with Crippen molar-refractivity contribution in [2.24, 2.45) is 0 Å². The van der Waals surface area contributed by atoms with E-state index in [2.05, 4.69) is 27.5 Å². The zero-order valence-electron chi connectivity index (χ0n) is 12.3. The fourth-order valence-corrected chi connectivity index (χ4v) is 2.54. The summed E-state index contributed by atoms with van der Waals surface area (Å²) in [5.74, 6) is 0.610. The third-order valence-electron chi connectivity index (χ3n) is 3.70. The summed E-state index contributed by atoms with van der Waals surface area (Å²) < 4.78 is 5.13. The van der Waals surface area contributed by atoms with Crippen molar-refractivity contribution in [2.45, 2.75) is 26.2 Å². The summed E-state index contributed by atoms with van der Waals surface area (Å²) >= 11 is 0. The number of anilines is 2. The molecule has 1 aliphatic heterocycles. The monoisotopic (exact) mass is 285 g/mol. The molecule has 0 spiro atoms. The number of rotatable bonds is 4. The van der Waals surface area contributed by atoms with Gasteiger partial charge in [-0.15, -0.1) is 0 Å². The predicted molar refractivity (Wildman–Crippen MR) is 81.6 cm³/mol. The van der Waals surface area contributed by atoms with Crippen LogP contribution in [0.25, 0.3) is 0 Å². The van der Waals surface area contributed by atoms with Crippen LogP contribution in [-0.4, -0.2) is 24.2 Å². The van der Waals surface area contributed by atoms with Crippen LogP contribution >= 0.6 is 0 Å². The van der Waals surface area contributed by atoms with Crippen molar-refractivity contribution in [1.29, 1.82) is 0 Å². The summed E-state index contributed by atoms with van der Waals surface area (Å²) in [6.07, 6.45) is 0.989. The van der Waals surface area contributed by atoms with Crippen LogP contribution in [-0.2, 0) is 11.2 Å². The molecule has 0 atom stereocenters. The second-order valence-corrected chi connectivity index (χ2v) is 5.62. The van der Waals surface area contributed by atoms with Gasteiger partial charge in [-0.3, -0.25) is 10.1 Å². The molecule has 3 rings (SSSR count). The standard InChI is InChI=1S/C16H19N3O2/c1-11(2)13-9-16(21-18-13)17-15(20)10-19-8-7-12-5-3-4-6-14(12)19/h3-6,9,11H,7-8,10H2,1-2H3,(H,17,20). The average molecular weight is 285 g/mol. The van der Waals surface area contributed by atoms with Gasteiger partial charge in [-0.2, -0.15) is 0 Å². The summed E-state index contributed by atoms with van der Waals surface area (Å²) in [5.41, 5.74) is 3.29. The van der Waals surface area contributed by atoms with Crippen molar-refractivity contribution in [2.75, 3.05) is 23.3 Å². The van der Waals surface area contributed by atoms with E-state index in [-0.39, 0.29) is 11.8 Å². The lowest BCUT2D eigenvalue weighted by Gasteiger charge is -2.18. The molecule has 5 nitrogen and oxygen atoms in total. The zero-order valence-corrected chi connectivity index (χ0v) is 12.3. The molecule has 110 valence electrons. The average Bonchev–Trinajstić information content (AvgIpc) is 3.07. The van der Waals surface area contributed by atoms with Gasteiger partial charge >= 0.3 is 0 Å². The number of hydrogen-bond donors (Lipinski definition) is 1. The molecule has 0 aliphatic carbocycles. The van der Waals surface area contributed by atoms with Crippen LogP contribution < -0.4 is 10.2 Å². The van der Waals surface area contributed by atoms with Gasteiger partial charge in [0.05, 0.1) is 12.2 Å². The van der Waals surface area contributed by atoms with Gasteiger partial charge in [0.1, 0.15) is 0 Å². The van der Waals surface area contributed by atoms with E-state index in [1.807, 2.05) is 26.0 Å². The number of carbonyl (C=O) groups excluding carboxylic acids is 1. The molecule has 2 heterocycles. The minimum absolute atomic E-state index is 0.0850. The fourth-order valence-electron chi connectivity index (χ4n) is 2.54. The molecule has 1 aromatic carbocycles. The summed E-state index contributed by atoms with van der Waals surface area (Å²) in [5, 5.41) is 6.70. The maximum Gasteiger partial charge on any atom is 0.246 e. The Bertz CT molecular complexity index is 648. The molecule has 0 saturated carbocycles. The number of benzene rings is 1. The molecular weight excluding hydrogens is 266 g/mol. The van der Waals surface area contributed by atoms with Gasteiger partial charge in [0.25, 0.3) is 0 Å². The molecule has 0 radical (unpaired) electrons. The van der Waals surface area contributed by atoms with E-state index < -0.39 is 0 Å². The number of nitrogens with zero attached hydrogens (tertiary/aromatic N) is 2. The van der Waals surface area contributed by atoms with E-state index in [4.69, 9.17) is 4.52 Å². The van der Waals surface area contributed by atoms with Gasteiger partial charge in [0.2, 0.25) is 11.8 Å². The lowest BCUT2D eigenvalue weighted by molar-refractivity contribution is -0.115. The van der Waals surface area contributed by atoms with E-state index in [9.17, 15) is 4.79 Å². The van der Waals surface area contributed by atoms with E-state index in [1.165, 1.54) is 5.56 Å². The SMILES string of the molecule is CC(C)c1cc(NC(=O)CN2CCc3ccccc32)on1. The molecule has 1 amide bonds. The first-order valence-electron chi connectivity index (χ1n) is 7.23. The summed E-state index contributed by atoms with van der Waals surface area (Å²) in [4.78, 5) is 14.2. The Balaban J connectivity index is 1.62. The lowest BCUT2D eigenvalue weighted by Crippen LogP contribution is -2.31. The van der Waals surface area contributed by atoms with E-state index in [1.54, 1.807) is 6.07 Å². The Kier molecular flexibility index (Phi) is 3.64. The molecule has 1 aliphatic rings. The number of para-hydroxylation sites is 1. The third kappa shape index (κ3) is 2.91. The van der Waals surface area contributed by atoms with E-state index >= 15 is 0 Å². The predicted octanol–water partition coefficient (Wildman–Crippen LogP) is 2.80. The first-order valence-corrected chi connectivity index (χ1v) is 7.23. The highest BCUT2D eigenvalue weighted by molar-refractivity contribution is 5.93. The first kappa shape index (κ1) is 13.7. The van der Waals surface area contributed by atoms with Crippen LogP contribution in [0.5, 0.6) is 0 Å². The second-order valence-electron chi connectivity index (χ2n) is 5.62. The molecule has 0 fully saturated rings. The molecule has 21 heavy (non-hydrogen) atoms. The number of carbonyl (C=O) groups is 1. The maximum absolute atomic E-state index is 12.1. The Morgan fingerprint density at radius 3 is 3.00 bits per heavy atom. The van der Waals surface area contributed by atoms with Crippen molar-refractivity contribution in [3.05, 3.63) is 41.6 Å². The minimum atomic E-state index is -0.0850. The molecule has 0 saturated heterocycles. The number of nitrogens with one attached hydrogen (secondary N) is 1. The van der Waals surface area contributed by atoms with Gasteiger partial charge in [0, 0.05) is 18.3 Å². The third-order valence-corrected chi connectivity index (χ3v) is 3.70. The lowest BCUT2D eigenvalue weighted by atomic mass is 10.1. The normalized spacial score (nSPS) is 13.6. The molecular formula is C16H19N3O2. The molecule has 5 heteroatoms. The molecule has 1 aromatic heterocycles. The minimum Gasteiger partial charge on any atom is -0.362 e. The summed E-state index contributed by atoms with van der Waals surface area (Å²) in [7, 11) is 0. The summed E-state index contributed by atoms with van der Waals surface area (Å²) in [6, 6.07) is 9.98. The van der Waals surface area contributed by atoms with Crippen molar-refractivity contribution < 1.29 is 9.32 Å². The van der Waals surface area contributed by atoms with Crippen LogP contribution in [0.1, 0.15) is 31.0 Å². The topological polar surface area (TPSA) is 58.4 Å². The van der Waals surface area contributed by atoms with Crippen LogP contribution in [0.2, 0.25) is 0 Å². The Labute approximate surface area is 123 Å². The van der Waals surface area contributed by atoms with E-state index in [0.29, 0.717) is 12.4 Å². The molecule has 2 aromatic rings.